The molecular weight excluding hydrogens is 510 g/mol. The highest BCUT2D eigenvalue weighted by Crippen LogP contribution is 2.27. The van der Waals surface area contributed by atoms with Crippen LogP contribution in [0, 0.1) is 0 Å². The summed E-state index contributed by atoms with van der Waals surface area (Å²) in [6.07, 6.45) is 2.40. The maximum Gasteiger partial charge on any atom is 0.296 e. The monoisotopic (exact) mass is 537 g/mol. The van der Waals surface area contributed by atoms with Gasteiger partial charge in [-0.2, -0.15) is 14.1 Å². The number of hydrogen-bond donors (Lipinski definition) is 1. The second-order valence-corrected chi connectivity index (χ2v) is 11.4. The molecule has 9 nitrogen and oxygen atoms in total. The van der Waals surface area contributed by atoms with Crippen LogP contribution in [0.3, 0.4) is 0 Å². The van der Waals surface area contributed by atoms with E-state index in [4.69, 9.17) is 16.3 Å². The zero-order chi connectivity index (χ0) is 24.8. The molecule has 0 aliphatic carbocycles. The molecule has 0 saturated carbocycles. The molecule has 188 valence electrons. The molecule has 0 bridgehead atoms. The fourth-order valence-electron chi connectivity index (χ4n) is 3.86. The predicted octanol–water partition coefficient (Wildman–Crippen LogP) is 3.30. The second kappa shape index (κ2) is 11.5. The molecule has 1 saturated heterocycles. The summed E-state index contributed by atoms with van der Waals surface area (Å²) in [5.41, 5.74) is 1.41. The van der Waals surface area contributed by atoms with Crippen LogP contribution >= 0.6 is 22.9 Å². The molecule has 12 heteroatoms. The van der Waals surface area contributed by atoms with E-state index < -0.39 is 10.0 Å². The van der Waals surface area contributed by atoms with Gasteiger partial charge in [-0.25, -0.2) is 8.42 Å². The molecule has 35 heavy (non-hydrogen) atoms. The lowest BCUT2D eigenvalue weighted by Gasteiger charge is -2.35. The average molecular weight is 538 g/mol. The SMILES string of the molecule is CCOCCCNc1c(N2CCN(S(=O)(=O)c3cccs3)CC2)cnn(-c2ccc(Cl)cc2)c1=O. The minimum atomic E-state index is -3.51. The molecule has 0 amide bonds. The maximum atomic E-state index is 13.5. The number of aromatic nitrogens is 2. The van der Waals surface area contributed by atoms with Crippen molar-refractivity contribution >= 4 is 44.3 Å². The van der Waals surface area contributed by atoms with Gasteiger partial charge < -0.3 is 15.0 Å². The molecule has 2 aromatic heterocycles. The smallest absolute Gasteiger partial charge is 0.296 e. The highest BCUT2D eigenvalue weighted by molar-refractivity contribution is 7.91. The predicted molar refractivity (Wildman–Crippen MR) is 140 cm³/mol. The van der Waals surface area contributed by atoms with Gasteiger partial charge in [0.25, 0.3) is 15.6 Å². The largest absolute Gasteiger partial charge is 0.382 e. The van der Waals surface area contributed by atoms with Crippen LogP contribution in [0.2, 0.25) is 5.02 Å². The topological polar surface area (TPSA) is 96.8 Å². The first kappa shape index (κ1) is 25.6. The average Bonchev–Trinajstić information content (AvgIpc) is 3.42. The second-order valence-electron chi connectivity index (χ2n) is 7.90. The van der Waals surface area contributed by atoms with E-state index in [1.54, 1.807) is 48.0 Å². The Balaban J connectivity index is 1.57. The Bertz CT molecular complexity index is 1270. The third-order valence-corrected chi connectivity index (χ3v) is 9.19. The number of anilines is 2. The number of ether oxygens (including phenoxy) is 1. The standard InChI is InChI=1S/C23H28ClN5O4S2/c1-2-33-15-4-10-25-22-20(17-26-29(23(22)30)19-8-6-18(24)7-9-19)27-11-13-28(14-12-27)35(31,32)21-5-3-16-34-21/h3,5-9,16-17,25H,2,4,10-15H2,1H3. The Hall–Kier alpha value is -2.44. The molecule has 1 fully saturated rings. The number of nitrogens with one attached hydrogen (secondary N) is 1. The highest BCUT2D eigenvalue weighted by atomic mass is 35.5. The van der Waals surface area contributed by atoms with Crippen LogP contribution in [-0.2, 0) is 14.8 Å². The number of thiophene rings is 1. The summed E-state index contributed by atoms with van der Waals surface area (Å²) >= 11 is 7.21. The third-order valence-electron chi connectivity index (χ3n) is 5.67. The summed E-state index contributed by atoms with van der Waals surface area (Å²) in [6.45, 7) is 5.28. The molecule has 0 radical (unpaired) electrons. The van der Waals surface area contributed by atoms with E-state index in [1.807, 2.05) is 11.8 Å². The molecule has 1 aromatic carbocycles. The van der Waals surface area contributed by atoms with Gasteiger partial charge in [-0.15, -0.1) is 11.3 Å². The molecular formula is C23H28ClN5O4S2. The Morgan fingerprint density at radius 1 is 1.14 bits per heavy atom. The molecule has 0 unspecified atom stereocenters. The van der Waals surface area contributed by atoms with Gasteiger partial charge in [-0.1, -0.05) is 17.7 Å². The van der Waals surface area contributed by atoms with Crippen molar-refractivity contribution in [1.82, 2.24) is 14.1 Å². The summed E-state index contributed by atoms with van der Waals surface area (Å²) in [7, 11) is -3.51. The Morgan fingerprint density at radius 3 is 2.54 bits per heavy atom. The normalized spacial score (nSPS) is 14.9. The van der Waals surface area contributed by atoms with E-state index in [-0.39, 0.29) is 5.56 Å². The number of benzene rings is 1. The molecule has 0 atom stereocenters. The van der Waals surface area contributed by atoms with Gasteiger partial charge in [0.05, 0.1) is 17.6 Å². The number of rotatable bonds is 10. The maximum absolute atomic E-state index is 13.5. The summed E-state index contributed by atoms with van der Waals surface area (Å²) in [6, 6.07) is 10.3. The zero-order valence-electron chi connectivity index (χ0n) is 19.4. The van der Waals surface area contributed by atoms with Crippen LogP contribution in [0.25, 0.3) is 5.69 Å². The molecule has 3 heterocycles. The first-order valence-electron chi connectivity index (χ1n) is 11.4. The molecule has 1 N–H and O–H groups in total. The minimum Gasteiger partial charge on any atom is -0.382 e. The van der Waals surface area contributed by atoms with Crippen molar-refractivity contribution in [2.45, 2.75) is 17.6 Å². The van der Waals surface area contributed by atoms with Gasteiger partial charge in [0.1, 0.15) is 9.90 Å². The van der Waals surface area contributed by atoms with E-state index >= 15 is 0 Å². The van der Waals surface area contributed by atoms with Crippen molar-refractivity contribution < 1.29 is 13.2 Å². The number of halogens is 1. The fourth-order valence-corrected chi connectivity index (χ4v) is 6.55. The first-order valence-corrected chi connectivity index (χ1v) is 14.1. The lowest BCUT2D eigenvalue weighted by molar-refractivity contribution is 0.147. The molecule has 1 aliphatic rings. The number of nitrogens with zero attached hydrogens (tertiary/aromatic N) is 4. The van der Waals surface area contributed by atoms with Crippen molar-refractivity contribution in [3.8, 4) is 5.69 Å². The number of hydrogen-bond acceptors (Lipinski definition) is 8. The van der Waals surface area contributed by atoms with Gasteiger partial charge in [-0.05, 0) is 49.1 Å². The van der Waals surface area contributed by atoms with Gasteiger partial charge in [-0.3, -0.25) is 4.79 Å². The van der Waals surface area contributed by atoms with E-state index in [0.717, 1.165) is 6.42 Å². The lowest BCUT2D eigenvalue weighted by Crippen LogP contribution is -2.49. The summed E-state index contributed by atoms with van der Waals surface area (Å²) < 4.78 is 34.3. The zero-order valence-corrected chi connectivity index (χ0v) is 21.8. The van der Waals surface area contributed by atoms with E-state index in [0.29, 0.717) is 72.2 Å². The van der Waals surface area contributed by atoms with Gasteiger partial charge >= 0.3 is 0 Å². The van der Waals surface area contributed by atoms with Gasteiger partial charge in [0.2, 0.25) is 0 Å². The first-order chi connectivity index (χ1) is 16.9. The van der Waals surface area contributed by atoms with Crippen LogP contribution in [0.15, 0.2) is 57.0 Å². The fraction of sp³-hybridized carbons (Fsp3) is 0.391. The minimum absolute atomic E-state index is 0.283. The summed E-state index contributed by atoms with van der Waals surface area (Å²) in [5.74, 6) is 0. The van der Waals surface area contributed by atoms with Crippen molar-refractivity contribution in [2.75, 3.05) is 56.2 Å². The number of sulfonamides is 1. The van der Waals surface area contributed by atoms with Crippen LogP contribution < -0.4 is 15.8 Å². The van der Waals surface area contributed by atoms with Crippen LogP contribution in [0.1, 0.15) is 13.3 Å². The lowest BCUT2D eigenvalue weighted by atomic mass is 10.2. The van der Waals surface area contributed by atoms with Crippen LogP contribution in [0.5, 0.6) is 0 Å². The molecule has 1 aliphatic heterocycles. The third kappa shape index (κ3) is 5.87. The van der Waals surface area contributed by atoms with Crippen molar-refractivity contribution in [1.29, 1.82) is 0 Å². The quantitative estimate of drug-likeness (QED) is 0.396. The Labute approximate surface area is 213 Å². The van der Waals surface area contributed by atoms with E-state index in [2.05, 4.69) is 10.4 Å². The number of piperazine rings is 1. The molecule has 4 rings (SSSR count). The van der Waals surface area contributed by atoms with Gasteiger partial charge in [0, 0.05) is 51.0 Å². The van der Waals surface area contributed by atoms with Crippen LogP contribution in [0.4, 0.5) is 11.4 Å². The Kier molecular flexibility index (Phi) is 8.45. The van der Waals surface area contributed by atoms with Crippen molar-refractivity contribution in [3.63, 3.8) is 0 Å². The highest BCUT2D eigenvalue weighted by Gasteiger charge is 2.30. The van der Waals surface area contributed by atoms with Crippen molar-refractivity contribution in [3.05, 3.63) is 63.4 Å². The van der Waals surface area contributed by atoms with Crippen molar-refractivity contribution in [2.24, 2.45) is 0 Å². The van der Waals surface area contributed by atoms with Crippen LogP contribution in [-0.4, -0.2) is 68.4 Å². The molecule has 3 aromatic rings. The summed E-state index contributed by atoms with van der Waals surface area (Å²) in [5, 5.41) is 10.0. The van der Waals surface area contributed by atoms with Gasteiger partial charge in [0.15, 0.2) is 0 Å². The Morgan fingerprint density at radius 2 is 1.89 bits per heavy atom. The van der Waals surface area contributed by atoms with E-state index in [9.17, 15) is 13.2 Å². The summed E-state index contributed by atoms with van der Waals surface area (Å²) in [4.78, 5) is 15.5. The van der Waals surface area contributed by atoms with E-state index in [1.165, 1.54) is 20.3 Å². The molecule has 0 spiro atoms.